The van der Waals surface area contributed by atoms with E-state index in [1.807, 2.05) is 30.3 Å². The maximum atomic E-state index is 9.15. The highest BCUT2D eigenvalue weighted by Gasteiger charge is 2.12. The molecule has 144 valence electrons. The Morgan fingerprint density at radius 1 is 0.645 bits per heavy atom. The fourth-order valence-electron chi connectivity index (χ4n) is 4.28. The number of benzene rings is 4. The van der Waals surface area contributed by atoms with Gasteiger partial charge in [0, 0.05) is 17.0 Å². The van der Waals surface area contributed by atoms with Gasteiger partial charge < -0.3 is 4.42 Å². The number of hydrogen-bond acceptors (Lipinski definition) is 3. The van der Waals surface area contributed by atoms with E-state index >= 15 is 0 Å². The lowest BCUT2D eigenvalue weighted by Crippen LogP contribution is -1.85. The number of aromatic nitrogens is 1. The van der Waals surface area contributed by atoms with E-state index in [4.69, 9.17) is 9.68 Å². The quantitative estimate of drug-likeness (QED) is 0.308. The van der Waals surface area contributed by atoms with Gasteiger partial charge in [-0.3, -0.25) is 0 Å². The summed E-state index contributed by atoms with van der Waals surface area (Å²) in [5.74, 6) is 0. The molecular formula is C28H16N2O. The van der Waals surface area contributed by atoms with Crippen molar-refractivity contribution in [2.24, 2.45) is 0 Å². The standard InChI is InChI=1S/C28H16N2O/c29-17-23-15-22(12-13-30-23)20-6-3-5-19(14-20)21-8-10-25-27(16-21)31-26-11-9-18-4-1-2-7-24(18)28(25)26/h1-16H. The molecule has 0 saturated heterocycles. The SMILES string of the molecule is N#Cc1cc(-c2cccc(-c3ccc4c(c3)oc3ccc5ccccc5c34)c2)ccn1. The van der Waals surface area contributed by atoms with Crippen LogP contribution in [0.15, 0.2) is 102 Å². The summed E-state index contributed by atoms with van der Waals surface area (Å²) in [6.07, 6.45) is 1.67. The van der Waals surface area contributed by atoms with Gasteiger partial charge in [-0.05, 0) is 69.4 Å². The molecule has 0 fully saturated rings. The fourth-order valence-corrected chi connectivity index (χ4v) is 4.28. The molecular weight excluding hydrogens is 380 g/mol. The van der Waals surface area contributed by atoms with E-state index in [1.165, 1.54) is 10.8 Å². The van der Waals surface area contributed by atoms with Crippen molar-refractivity contribution in [3.05, 3.63) is 103 Å². The van der Waals surface area contributed by atoms with Crippen molar-refractivity contribution < 1.29 is 4.42 Å². The van der Waals surface area contributed by atoms with Crippen molar-refractivity contribution in [1.29, 1.82) is 5.26 Å². The second-order valence-corrected chi connectivity index (χ2v) is 7.60. The highest BCUT2D eigenvalue weighted by atomic mass is 16.3. The Labute approximate surface area is 178 Å². The van der Waals surface area contributed by atoms with Gasteiger partial charge >= 0.3 is 0 Å². The average molecular weight is 396 g/mol. The first-order valence-corrected chi connectivity index (χ1v) is 10.1. The molecule has 0 bridgehead atoms. The summed E-state index contributed by atoms with van der Waals surface area (Å²) in [7, 11) is 0. The molecule has 6 aromatic rings. The maximum Gasteiger partial charge on any atom is 0.141 e. The van der Waals surface area contributed by atoms with E-state index < -0.39 is 0 Å². The lowest BCUT2D eigenvalue weighted by atomic mass is 9.98. The summed E-state index contributed by atoms with van der Waals surface area (Å²) < 4.78 is 6.22. The molecule has 0 amide bonds. The summed E-state index contributed by atoms with van der Waals surface area (Å²) in [6, 6.07) is 33.1. The van der Waals surface area contributed by atoms with E-state index in [-0.39, 0.29) is 0 Å². The number of fused-ring (bicyclic) bond motifs is 5. The van der Waals surface area contributed by atoms with Gasteiger partial charge in [-0.15, -0.1) is 0 Å². The number of furan rings is 1. The average Bonchev–Trinajstić information content (AvgIpc) is 3.22. The second-order valence-electron chi connectivity index (χ2n) is 7.60. The van der Waals surface area contributed by atoms with Gasteiger partial charge in [0.05, 0.1) is 0 Å². The Balaban J connectivity index is 1.50. The molecule has 31 heavy (non-hydrogen) atoms. The van der Waals surface area contributed by atoms with Gasteiger partial charge in [0.25, 0.3) is 0 Å². The van der Waals surface area contributed by atoms with Crippen LogP contribution in [0.4, 0.5) is 0 Å². The monoisotopic (exact) mass is 396 g/mol. The number of pyridine rings is 1. The molecule has 0 aliphatic rings. The summed E-state index contributed by atoms with van der Waals surface area (Å²) >= 11 is 0. The van der Waals surface area contributed by atoms with E-state index in [0.29, 0.717) is 5.69 Å². The van der Waals surface area contributed by atoms with E-state index in [9.17, 15) is 0 Å². The van der Waals surface area contributed by atoms with Crippen molar-refractivity contribution in [2.45, 2.75) is 0 Å². The number of rotatable bonds is 2. The molecule has 0 spiro atoms. The van der Waals surface area contributed by atoms with Gasteiger partial charge in [0.1, 0.15) is 22.9 Å². The Hall–Kier alpha value is -4.42. The molecule has 0 unspecified atom stereocenters. The molecule has 0 saturated carbocycles. The summed E-state index contributed by atoms with van der Waals surface area (Å²) in [5.41, 5.74) is 6.41. The third-order valence-electron chi connectivity index (χ3n) is 5.77. The molecule has 2 aromatic heterocycles. The number of nitrogens with zero attached hydrogens (tertiary/aromatic N) is 2. The topological polar surface area (TPSA) is 49.8 Å². The zero-order valence-corrected chi connectivity index (χ0v) is 16.5. The van der Waals surface area contributed by atoms with Crippen LogP contribution in [0.2, 0.25) is 0 Å². The molecule has 0 radical (unpaired) electrons. The first kappa shape index (κ1) is 17.4. The van der Waals surface area contributed by atoms with E-state index in [1.54, 1.807) is 6.20 Å². The number of hydrogen-bond donors (Lipinski definition) is 0. The smallest absolute Gasteiger partial charge is 0.141 e. The zero-order valence-electron chi connectivity index (χ0n) is 16.5. The molecule has 6 rings (SSSR count). The minimum Gasteiger partial charge on any atom is -0.456 e. The van der Waals surface area contributed by atoms with Crippen LogP contribution in [0.25, 0.3) is 55.0 Å². The lowest BCUT2D eigenvalue weighted by Gasteiger charge is -2.06. The zero-order chi connectivity index (χ0) is 20.8. The van der Waals surface area contributed by atoms with Crippen LogP contribution in [-0.4, -0.2) is 4.98 Å². The Morgan fingerprint density at radius 2 is 1.45 bits per heavy atom. The lowest BCUT2D eigenvalue weighted by molar-refractivity contribution is 0.669. The van der Waals surface area contributed by atoms with Crippen LogP contribution in [-0.2, 0) is 0 Å². The predicted octanol–water partition coefficient (Wildman–Crippen LogP) is 7.34. The highest BCUT2D eigenvalue weighted by Crippen LogP contribution is 2.37. The fraction of sp³-hybridized carbons (Fsp3) is 0. The van der Waals surface area contributed by atoms with Gasteiger partial charge in [0.2, 0.25) is 0 Å². The van der Waals surface area contributed by atoms with Gasteiger partial charge in [-0.25, -0.2) is 4.98 Å². The number of nitriles is 1. The largest absolute Gasteiger partial charge is 0.456 e. The normalized spacial score (nSPS) is 11.2. The van der Waals surface area contributed by atoms with E-state index in [2.05, 4.69) is 71.7 Å². The van der Waals surface area contributed by atoms with Crippen LogP contribution in [0.1, 0.15) is 5.69 Å². The van der Waals surface area contributed by atoms with Crippen molar-refractivity contribution in [3.63, 3.8) is 0 Å². The van der Waals surface area contributed by atoms with Crippen LogP contribution >= 0.6 is 0 Å². The first-order valence-electron chi connectivity index (χ1n) is 10.1. The molecule has 0 atom stereocenters. The van der Waals surface area contributed by atoms with Crippen molar-refractivity contribution in [2.75, 3.05) is 0 Å². The second kappa shape index (κ2) is 6.83. The van der Waals surface area contributed by atoms with Crippen molar-refractivity contribution >= 4 is 32.7 Å². The molecule has 2 heterocycles. The molecule has 0 aliphatic carbocycles. The highest BCUT2D eigenvalue weighted by molar-refractivity contribution is 6.19. The van der Waals surface area contributed by atoms with Crippen LogP contribution < -0.4 is 0 Å². The van der Waals surface area contributed by atoms with Crippen LogP contribution in [0.5, 0.6) is 0 Å². The van der Waals surface area contributed by atoms with Crippen molar-refractivity contribution in [1.82, 2.24) is 4.98 Å². The Kier molecular flexibility index (Phi) is 3.84. The molecule has 3 heteroatoms. The van der Waals surface area contributed by atoms with Gasteiger partial charge in [-0.1, -0.05) is 54.6 Å². The van der Waals surface area contributed by atoms with Gasteiger partial charge in [-0.2, -0.15) is 5.26 Å². The molecule has 0 aliphatic heterocycles. The molecule has 3 nitrogen and oxygen atoms in total. The summed E-state index contributed by atoms with van der Waals surface area (Å²) in [6.45, 7) is 0. The van der Waals surface area contributed by atoms with Gasteiger partial charge in [0.15, 0.2) is 0 Å². The Bertz CT molecular complexity index is 1650. The van der Waals surface area contributed by atoms with Crippen LogP contribution in [0, 0.1) is 11.3 Å². The minimum atomic E-state index is 0.416. The Morgan fingerprint density at radius 3 is 2.32 bits per heavy atom. The third-order valence-corrected chi connectivity index (χ3v) is 5.77. The predicted molar refractivity (Wildman–Crippen MR) is 125 cm³/mol. The third kappa shape index (κ3) is 2.86. The summed E-state index contributed by atoms with van der Waals surface area (Å²) in [4.78, 5) is 4.07. The summed E-state index contributed by atoms with van der Waals surface area (Å²) in [5, 5.41) is 13.9. The van der Waals surface area contributed by atoms with E-state index in [0.717, 1.165) is 44.2 Å². The maximum absolute atomic E-state index is 9.15. The van der Waals surface area contributed by atoms with Crippen LogP contribution in [0.3, 0.4) is 0 Å². The molecule has 0 N–H and O–H groups in total. The minimum absolute atomic E-state index is 0.416. The molecule has 4 aromatic carbocycles. The van der Waals surface area contributed by atoms with Crippen molar-refractivity contribution in [3.8, 4) is 28.3 Å². The first-order chi connectivity index (χ1) is 15.3.